The molecule has 0 saturated carbocycles. The molecule has 0 heterocycles. The molecule has 0 amide bonds. The molecule has 0 saturated heterocycles. The van der Waals surface area contributed by atoms with Gasteiger partial charge in [0.25, 0.3) is 0 Å². The van der Waals surface area contributed by atoms with Gasteiger partial charge in [-0.15, -0.1) is 0 Å². The molecule has 0 aromatic carbocycles. The van der Waals surface area contributed by atoms with Gasteiger partial charge >= 0.3 is 88.5 Å². The Morgan fingerprint density at radius 3 is 1.18 bits per heavy atom. The van der Waals surface area contributed by atoms with Crippen molar-refractivity contribution in [1.29, 1.82) is 0 Å². The first kappa shape index (κ1) is 22.9. The number of rotatable bonds is 0. The van der Waals surface area contributed by atoms with Crippen molar-refractivity contribution in [2.45, 2.75) is 0 Å². The monoisotopic (exact) mass is 326 g/mol. The Morgan fingerprint density at radius 1 is 1.18 bits per heavy atom. The summed E-state index contributed by atoms with van der Waals surface area (Å²) in [7, 11) is -4.67. The summed E-state index contributed by atoms with van der Waals surface area (Å²) >= 11 is 0. The molecule has 64 valence electrons. The number of hydrogen-bond donors (Lipinski definition) is 4. The predicted molar refractivity (Wildman–Crippen MR) is 40.8 cm³/mol. The van der Waals surface area contributed by atoms with Gasteiger partial charge in [0, 0.05) is 0 Å². The van der Waals surface area contributed by atoms with Crippen LogP contribution < -0.4 is 0 Å². The summed E-state index contributed by atoms with van der Waals surface area (Å²) in [5.41, 5.74) is 0. The van der Waals surface area contributed by atoms with Gasteiger partial charge in [0.05, 0.1) is 0 Å². The van der Waals surface area contributed by atoms with Gasteiger partial charge < -0.3 is 15.9 Å². The quantitative estimate of drug-likeness (QED) is 0.340. The van der Waals surface area contributed by atoms with E-state index in [9.17, 15) is 0 Å². The summed E-state index contributed by atoms with van der Waals surface area (Å²) < 4.78 is 31.6. The van der Waals surface area contributed by atoms with Gasteiger partial charge in [-0.1, -0.05) is 0 Å². The summed E-state index contributed by atoms with van der Waals surface area (Å²) in [5.74, 6) is 0. The van der Waals surface area contributed by atoms with Crippen LogP contribution in [0.15, 0.2) is 0 Å². The van der Waals surface area contributed by atoms with Gasteiger partial charge in [-0.05, 0) is 0 Å². The van der Waals surface area contributed by atoms with Crippen LogP contribution in [0.25, 0.3) is 0 Å². The molecule has 0 bridgehead atoms. The molecular formula is CH8BaMgO7S. The SMILES string of the molecule is O=C(O)O.O=S(=O)(O)O.[Ba+2].[H-].[H-].[H-].[H-].[Mg+2]. The molecule has 0 aromatic heterocycles. The minimum absolute atomic E-state index is 0. The molecule has 7 nitrogen and oxygen atoms in total. The van der Waals surface area contributed by atoms with E-state index < -0.39 is 16.6 Å². The number of carboxylic acid groups (broad SMARTS) is 2. The summed E-state index contributed by atoms with van der Waals surface area (Å²) in [4.78, 5) is 8.56. The third-order valence-electron chi connectivity index (χ3n) is 0. The van der Waals surface area contributed by atoms with Crippen LogP contribution in [0.5, 0.6) is 0 Å². The zero-order valence-electron chi connectivity index (χ0n) is 9.34. The second kappa shape index (κ2) is 11.5. The van der Waals surface area contributed by atoms with Gasteiger partial charge in [-0.25, -0.2) is 4.79 Å². The van der Waals surface area contributed by atoms with Crippen molar-refractivity contribution in [3.8, 4) is 0 Å². The molecule has 0 aliphatic heterocycles. The summed E-state index contributed by atoms with van der Waals surface area (Å²) in [6.07, 6.45) is -1.83. The Balaban J connectivity index is -0.00000000785. The Kier molecular flexibility index (Phi) is 23.9. The van der Waals surface area contributed by atoms with Crippen LogP contribution in [0.2, 0.25) is 0 Å². The Morgan fingerprint density at radius 2 is 1.18 bits per heavy atom. The first-order valence-corrected chi connectivity index (χ1v) is 2.75. The van der Waals surface area contributed by atoms with Gasteiger partial charge in [-0.3, -0.25) is 9.11 Å². The fourth-order valence-electron chi connectivity index (χ4n) is 0. The smallest absolute Gasteiger partial charge is 1.00 e. The van der Waals surface area contributed by atoms with Gasteiger partial charge in [-0.2, -0.15) is 8.42 Å². The van der Waals surface area contributed by atoms with E-state index in [0.717, 1.165) is 0 Å². The Hall–Kier alpha value is 1.48. The maximum Gasteiger partial charge on any atom is 2.00 e. The minimum Gasteiger partial charge on any atom is -1.00 e. The molecule has 0 aliphatic carbocycles. The zero-order valence-corrected chi connectivity index (χ0v) is 12.0. The molecule has 0 aromatic rings. The van der Waals surface area contributed by atoms with Crippen molar-refractivity contribution >= 4 is 88.5 Å². The Bertz CT molecular complexity index is 173. The van der Waals surface area contributed by atoms with Crippen molar-refractivity contribution in [3.05, 3.63) is 0 Å². The van der Waals surface area contributed by atoms with Crippen LogP contribution in [-0.4, -0.2) is 106 Å². The third kappa shape index (κ3) is 472. The van der Waals surface area contributed by atoms with Gasteiger partial charge in [0.1, 0.15) is 0 Å². The van der Waals surface area contributed by atoms with Crippen LogP contribution in [-0.2, 0) is 10.4 Å². The molecule has 0 fully saturated rings. The van der Waals surface area contributed by atoms with Crippen molar-refractivity contribution in [2.24, 2.45) is 0 Å². The largest absolute Gasteiger partial charge is 2.00 e. The zero-order chi connectivity index (χ0) is 8.08. The first-order chi connectivity index (χ1) is 3.73. The van der Waals surface area contributed by atoms with Crippen LogP contribution in [0.4, 0.5) is 4.79 Å². The topological polar surface area (TPSA) is 132 Å². The van der Waals surface area contributed by atoms with Crippen LogP contribution in [0.3, 0.4) is 0 Å². The maximum absolute atomic E-state index is 8.74. The molecule has 0 aliphatic rings. The van der Waals surface area contributed by atoms with E-state index >= 15 is 0 Å². The number of hydrogen-bond acceptors (Lipinski definition) is 3. The van der Waals surface area contributed by atoms with E-state index in [4.69, 9.17) is 32.5 Å². The van der Waals surface area contributed by atoms with E-state index in [1.807, 2.05) is 0 Å². The van der Waals surface area contributed by atoms with Crippen LogP contribution >= 0.6 is 0 Å². The normalized spacial score (nSPS) is 7.45. The second-order valence-electron chi connectivity index (χ2n) is 0.730. The molecule has 0 radical (unpaired) electrons. The van der Waals surface area contributed by atoms with Crippen molar-refractivity contribution < 1.29 is 38.2 Å². The fourth-order valence-corrected chi connectivity index (χ4v) is 0. The van der Waals surface area contributed by atoms with Crippen molar-refractivity contribution in [3.63, 3.8) is 0 Å². The standard InChI is InChI=1S/CH2O3.Ba.Mg.H2O4S.4H/c2-1(3)4;;;1-5(2,3)4;;;;/h(H2,2,3,4);;;(H2,1,2,3,4);;;;/q;2*+2;;4*-1. The van der Waals surface area contributed by atoms with E-state index in [0.29, 0.717) is 0 Å². The second-order valence-corrected chi connectivity index (χ2v) is 1.63. The van der Waals surface area contributed by atoms with Gasteiger partial charge in [0.2, 0.25) is 0 Å². The molecular weight excluding hydrogens is 318 g/mol. The van der Waals surface area contributed by atoms with Gasteiger partial charge in [0.15, 0.2) is 0 Å². The fraction of sp³-hybridized carbons (Fsp3) is 0. The van der Waals surface area contributed by atoms with E-state index in [1.54, 1.807) is 0 Å². The summed E-state index contributed by atoms with van der Waals surface area (Å²) in [5, 5.41) is 13.9. The van der Waals surface area contributed by atoms with E-state index in [-0.39, 0.29) is 77.6 Å². The summed E-state index contributed by atoms with van der Waals surface area (Å²) in [6, 6.07) is 0. The van der Waals surface area contributed by atoms with Crippen molar-refractivity contribution in [1.82, 2.24) is 0 Å². The molecule has 0 unspecified atom stereocenters. The first-order valence-electron chi connectivity index (χ1n) is 1.35. The van der Waals surface area contributed by atoms with E-state index in [1.165, 1.54) is 0 Å². The van der Waals surface area contributed by atoms with Crippen LogP contribution in [0.1, 0.15) is 5.71 Å². The molecule has 11 heavy (non-hydrogen) atoms. The maximum atomic E-state index is 8.74. The van der Waals surface area contributed by atoms with Crippen LogP contribution in [0, 0.1) is 0 Å². The molecule has 10 heteroatoms. The summed E-state index contributed by atoms with van der Waals surface area (Å²) in [6.45, 7) is 0. The van der Waals surface area contributed by atoms with Crippen molar-refractivity contribution in [2.75, 3.05) is 0 Å². The molecule has 0 atom stereocenters. The predicted octanol–water partition coefficient (Wildman–Crippen LogP) is -0.742. The molecule has 0 spiro atoms. The average Bonchev–Trinajstić information content (AvgIpc) is 1.19. The number of carbonyl (C=O) groups is 1. The van der Waals surface area contributed by atoms with E-state index in [2.05, 4.69) is 0 Å². The molecule has 0 rings (SSSR count). The average molecular weight is 326 g/mol. The molecule has 4 N–H and O–H groups in total. The minimum atomic E-state index is -4.67. The Labute approximate surface area is 125 Å². The third-order valence-corrected chi connectivity index (χ3v) is 0.